The van der Waals surface area contributed by atoms with Gasteiger partial charge in [-0.1, -0.05) is 0 Å². The van der Waals surface area contributed by atoms with Gasteiger partial charge < -0.3 is 15.4 Å². The van der Waals surface area contributed by atoms with E-state index in [1.165, 1.54) is 4.90 Å². The van der Waals surface area contributed by atoms with Crippen molar-refractivity contribution in [1.29, 1.82) is 5.41 Å². The van der Waals surface area contributed by atoms with E-state index in [2.05, 4.69) is 0 Å². The third-order valence-electron chi connectivity index (χ3n) is 2.09. The van der Waals surface area contributed by atoms with Crippen molar-refractivity contribution in [1.82, 2.24) is 4.90 Å². The van der Waals surface area contributed by atoms with E-state index in [0.29, 0.717) is 19.8 Å². The Morgan fingerprint density at radius 2 is 2.06 bits per heavy atom. The summed E-state index contributed by atoms with van der Waals surface area (Å²) in [5, 5.41) is 6.91. The lowest BCUT2D eigenvalue weighted by atomic mass is 10.1. The maximum Gasteiger partial charge on any atom is 0.399 e. The quantitative estimate of drug-likeness (QED) is 0.398. The van der Waals surface area contributed by atoms with Gasteiger partial charge in [-0.2, -0.15) is 13.2 Å². The summed E-state index contributed by atoms with van der Waals surface area (Å²) in [6.45, 7) is 2.78. The second-order valence-electron chi connectivity index (χ2n) is 3.51. The SMILES string of the molecule is CCOCCN(C)CC(C(=N)N)C(F)(F)F. The van der Waals surface area contributed by atoms with Gasteiger partial charge in [0.1, 0.15) is 11.8 Å². The predicted octanol–water partition coefficient (Wildman–Crippen LogP) is 1.07. The van der Waals surface area contributed by atoms with Gasteiger partial charge in [-0.25, -0.2) is 0 Å². The molecule has 0 aromatic carbocycles. The predicted molar refractivity (Wildman–Crippen MR) is 55.4 cm³/mol. The summed E-state index contributed by atoms with van der Waals surface area (Å²) >= 11 is 0. The number of hydrogen-bond donors (Lipinski definition) is 2. The topological polar surface area (TPSA) is 62.3 Å². The molecule has 0 heterocycles. The van der Waals surface area contributed by atoms with Crippen molar-refractivity contribution in [3.8, 4) is 0 Å². The molecule has 0 aliphatic rings. The third kappa shape index (κ3) is 5.92. The Morgan fingerprint density at radius 3 is 2.44 bits per heavy atom. The number of rotatable bonds is 7. The van der Waals surface area contributed by atoms with Crippen LogP contribution in [0.1, 0.15) is 6.92 Å². The summed E-state index contributed by atoms with van der Waals surface area (Å²) in [5.74, 6) is -2.75. The highest BCUT2D eigenvalue weighted by Crippen LogP contribution is 2.26. The number of nitrogens with zero attached hydrogens (tertiary/aromatic N) is 1. The number of halogens is 3. The molecule has 3 N–H and O–H groups in total. The Hall–Kier alpha value is -0.820. The molecule has 0 amide bonds. The molecule has 4 nitrogen and oxygen atoms in total. The van der Waals surface area contributed by atoms with E-state index in [0.717, 1.165) is 0 Å². The standard InChI is InChI=1S/C9H18F3N3O/c1-3-16-5-4-15(2)6-7(8(13)14)9(10,11)12/h7H,3-6H2,1-2H3,(H3,13,14). The van der Waals surface area contributed by atoms with Crippen LogP contribution in [0.3, 0.4) is 0 Å². The van der Waals surface area contributed by atoms with Crippen molar-refractivity contribution >= 4 is 5.84 Å². The molecule has 1 unspecified atom stereocenters. The molecule has 0 rings (SSSR count). The second-order valence-corrected chi connectivity index (χ2v) is 3.51. The zero-order chi connectivity index (χ0) is 12.8. The number of alkyl halides is 3. The molecule has 0 saturated heterocycles. The minimum absolute atomic E-state index is 0.314. The number of nitrogens with one attached hydrogen (secondary N) is 1. The molecular formula is C9H18F3N3O. The monoisotopic (exact) mass is 241 g/mol. The van der Waals surface area contributed by atoms with Gasteiger partial charge >= 0.3 is 6.18 Å². The number of ether oxygens (including phenoxy) is 1. The van der Waals surface area contributed by atoms with Gasteiger partial charge in [0.15, 0.2) is 0 Å². The molecule has 0 bridgehead atoms. The Kier molecular flexibility index (Phi) is 6.35. The molecule has 0 aliphatic carbocycles. The van der Waals surface area contributed by atoms with Crippen LogP contribution in [-0.4, -0.2) is 50.3 Å². The summed E-state index contributed by atoms with van der Waals surface area (Å²) in [6.07, 6.45) is -4.47. The third-order valence-corrected chi connectivity index (χ3v) is 2.09. The molecule has 96 valence electrons. The van der Waals surface area contributed by atoms with Crippen LogP contribution in [0.5, 0.6) is 0 Å². The highest BCUT2D eigenvalue weighted by atomic mass is 19.4. The summed E-state index contributed by atoms with van der Waals surface area (Å²) in [5.41, 5.74) is 4.93. The smallest absolute Gasteiger partial charge is 0.387 e. The molecule has 0 spiro atoms. The lowest BCUT2D eigenvalue weighted by Gasteiger charge is -2.24. The lowest BCUT2D eigenvalue weighted by Crippen LogP contribution is -2.43. The van der Waals surface area contributed by atoms with E-state index in [1.54, 1.807) is 7.05 Å². The average molecular weight is 241 g/mol. The van der Waals surface area contributed by atoms with E-state index in [4.69, 9.17) is 15.9 Å². The first-order valence-corrected chi connectivity index (χ1v) is 4.96. The number of hydrogen-bond acceptors (Lipinski definition) is 3. The second kappa shape index (κ2) is 6.70. The van der Waals surface area contributed by atoms with Crippen LogP contribution < -0.4 is 5.73 Å². The lowest BCUT2D eigenvalue weighted by molar-refractivity contribution is -0.159. The highest BCUT2D eigenvalue weighted by Gasteiger charge is 2.42. The normalized spacial score (nSPS) is 14.1. The zero-order valence-electron chi connectivity index (χ0n) is 9.47. The molecule has 0 radical (unpaired) electrons. The first-order chi connectivity index (χ1) is 7.29. The van der Waals surface area contributed by atoms with Crippen LogP contribution in [0.25, 0.3) is 0 Å². The van der Waals surface area contributed by atoms with Crippen LogP contribution in [0.15, 0.2) is 0 Å². The van der Waals surface area contributed by atoms with Crippen molar-refractivity contribution in [2.75, 3.05) is 33.4 Å². The van der Waals surface area contributed by atoms with Gasteiger partial charge in [0.2, 0.25) is 0 Å². The van der Waals surface area contributed by atoms with Crippen LogP contribution in [0.2, 0.25) is 0 Å². The van der Waals surface area contributed by atoms with Crippen molar-refractivity contribution in [3.05, 3.63) is 0 Å². The molecule has 16 heavy (non-hydrogen) atoms. The van der Waals surface area contributed by atoms with Gasteiger partial charge in [-0.05, 0) is 14.0 Å². The molecule has 0 aliphatic heterocycles. The minimum Gasteiger partial charge on any atom is -0.387 e. The van der Waals surface area contributed by atoms with E-state index >= 15 is 0 Å². The minimum atomic E-state index is -4.47. The van der Waals surface area contributed by atoms with E-state index in [-0.39, 0.29) is 6.54 Å². The molecule has 0 aromatic rings. The van der Waals surface area contributed by atoms with Crippen LogP contribution in [0.4, 0.5) is 13.2 Å². The number of amidine groups is 1. The molecule has 0 saturated carbocycles. The maximum absolute atomic E-state index is 12.4. The fourth-order valence-corrected chi connectivity index (χ4v) is 1.15. The first kappa shape index (κ1) is 15.2. The Labute approximate surface area is 93.1 Å². The molecule has 1 atom stereocenters. The number of nitrogens with two attached hydrogens (primary N) is 1. The van der Waals surface area contributed by atoms with Crippen molar-refractivity contribution in [2.24, 2.45) is 11.7 Å². The molecular weight excluding hydrogens is 223 g/mol. The van der Waals surface area contributed by atoms with Gasteiger partial charge in [-0.15, -0.1) is 0 Å². The summed E-state index contributed by atoms with van der Waals surface area (Å²) in [4.78, 5) is 1.45. The maximum atomic E-state index is 12.4. The molecule has 0 aromatic heterocycles. The van der Waals surface area contributed by atoms with Gasteiger partial charge in [-0.3, -0.25) is 5.41 Å². The van der Waals surface area contributed by atoms with Crippen molar-refractivity contribution in [2.45, 2.75) is 13.1 Å². The van der Waals surface area contributed by atoms with Gasteiger partial charge in [0.05, 0.1) is 6.61 Å². The van der Waals surface area contributed by atoms with Crippen molar-refractivity contribution in [3.63, 3.8) is 0 Å². The Bertz CT molecular complexity index is 221. The van der Waals surface area contributed by atoms with Gasteiger partial charge in [0, 0.05) is 19.7 Å². The van der Waals surface area contributed by atoms with Crippen LogP contribution in [-0.2, 0) is 4.74 Å². The summed E-state index contributed by atoms with van der Waals surface area (Å²) in [7, 11) is 1.54. The fourth-order valence-electron chi connectivity index (χ4n) is 1.15. The largest absolute Gasteiger partial charge is 0.399 e. The average Bonchev–Trinajstić information content (AvgIpc) is 2.12. The van der Waals surface area contributed by atoms with Crippen LogP contribution >= 0.6 is 0 Å². The van der Waals surface area contributed by atoms with Crippen LogP contribution in [0, 0.1) is 11.3 Å². The van der Waals surface area contributed by atoms with E-state index in [9.17, 15) is 13.2 Å². The highest BCUT2D eigenvalue weighted by molar-refractivity contribution is 5.80. The first-order valence-electron chi connectivity index (χ1n) is 4.96. The Balaban J connectivity index is 4.15. The fraction of sp³-hybridized carbons (Fsp3) is 0.889. The van der Waals surface area contributed by atoms with Gasteiger partial charge in [0.25, 0.3) is 0 Å². The molecule has 0 fully saturated rings. The summed E-state index contributed by atoms with van der Waals surface area (Å²) in [6, 6.07) is 0. The molecule has 7 heteroatoms. The van der Waals surface area contributed by atoms with Crippen molar-refractivity contribution < 1.29 is 17.9 Å². The summed E-state index contributed by atoms with van der Waals surface area (Å²) < 4.78 is 42.3. The Morgan fingerprint density at radius 1 is 1.50 bits per heavy atom. The van der Waals surface area contributed by atoms with E-state index in [1.807, 2.05) is 6.92 Å². The van der Waals surface area contributed by atoms with E-state index < -0.39 is 17.9 Å². The zero-order valence-corrected chi connectivity index (χ0v) is 9.47. The number of likely N-dealkylation sites (N-methyl/N-ethyl adjacent to an activating group) is 1.